The molecule has 3 rings (SSSR count). The third kappa shape index (κ3) is 1.64. The van der Waals surface area contributed by atoms with Gasteiger partial charge in [0.2, 0.25) is 0 Å². The van der Waals surface area contributed by atoms with Crippen LogP contribution in [0.4, 0.5) is 0 Å². The number of hydrogen-bond donors (Lipinski definition) is 1. The topological polar surface area (TPSA) is 38.7 Å². The van der Waals surface area contributed by atoms with Crippen LogP contribution in [0, 0.1) is 17.8 Å². The van der Waals surface area contributed by atoms with Gasteiger partial charge in [0.25, 0.3) is 0 Å². The summed E-state index contributed by atoms with van der Waals surface area (Å²) in [5.41, 5.74) is -0.904. The molecule has 1 saturated heterocycles. The fourth-order valence-electron chi connectivity index (χ4n) is 3.77. The molecule has 3 heteroatoms. The van der Waals surface area contributed by atoms with Crippen LogP contribution < -0.4 is 0 Å². The number of hydrogen-bond acceptors (Lipinski definition) is 3. The molecule has 0 aromatic carbocycles. The lowest BCUT2D eigenvalue weighted by Crippen LogP contribution is -2.46. The maximum atomic E-state index is 10.8. The highest BCUT2D eigenvalue weighted by molar-refractivity contribution is 5.22. The van der Waals surface area contributed by atoms with Gasteiger partial charge in [-0.15, -0.1) is 12.3 Å². The summed E-state index contributed by atoms with van der Waals surface area (Å²) in [5, 5.41) is 10.8. The van der Waals surface area contributed by atoms with Gasteiger partial charge in [0.1, 0.15) is 0 Å². The predicted octanol–water partition coefficient (Wildman–Crippen LogP) is 2.00. The van der Waals surface area contributed by atoms with E-state index in [1.165, 1.54) is 0 Å². The maximum absolute atomic E-state index is 10.8. The first-order valence-corrected chi connectivity index (χ1v) is 6.78. The van der Waals surface area contributed by atoms with Gasteiger partial charge in [0, 0.05) is 18.3 Å². The smallest absolute Gasteiger partial charge is 0.188 e. The molecular formula is C15H20O3. The fraction of sp³-hybridized carbons (Fsp3) is 0.733. The van der Waals surface area contributed by atoms with Crippen LogP contribution in [0.25, 0.3) is 0 Å². The van der Waals surface area contributed by atoms with Crippen LogP contribution in [0.5, 0.6) is 0 Å². The summed E-state index contributed by atoms with van der Waals surface area (Å²) in [7, 11) is 0. The quantitative estimate of drug-likeness (QED) is 0.570. The summed E-state index contributed by atoms with van der Waals surface area (Å²) < 4.78 is 11.4. The Hall–Kier alpha value is -0.820. The SMILES string of the molecule is C#CCC1(O)CCCC12C=CC1(CC2)OCCO1. The highest BCUT2D eigenvalue weighted by Crippen LogP contribution is 2.55. The highest BCUT2D eigenvalue weighted by Gasteiger charge is 2.55. The second-order valence-corrected chi connectivity index (χ2v) is 5.76. The highest BCUT2D eigenvalue weighted by atomic mass is 16.7. The molecule has 0 radical (unpaired) electrons. The van der Waals surface area contributed by atoms with Crippen molar-refractivity contribution in [1.82, 2.24) is 0 Å². The summed E-state index contributed by atoms with van der Waals surface area (Å²) in [5.74, 6) is 2.11. The molecule has 0 amide bonds. The number of terminal acetylenes is 1. The Balaban J connectivity index is 1.87. The van der Waals surface area contributed by atoms with Crippen molar-refractivity contribution >= 4 is 0 Å². The van der Waals surface area contributed by atoms with E-state index in [2.05, 4.69) is 12.0 Å². The van der Waals surface area contributed by atoms with E-state index in [9.17, 15) is 5.11 Å². The summed E-state index contributed by atoms with van der Waals surface area (Å²) in [6.07, 6.45) is 14.5. The van der Waals surface area contributed by atoms with E-state index in [0.29, 0.717) is 19.6 Å². The average Bonchev–Trinajstić information content (AvgIpc) is 2.92. The van der Waals surface area contributed by atoms with Crippen LogP contribution in [0.15, 0.2) is 12.2 Å². The van der Waals surface area contributed by atoms with Crippen molar-refractivity contribution in [3.05, 3.63) is 12.2 Å². The minimum atomic E-state index is -0.738. The van der Waals surface area contributed by atoms with Gasteiger partial charge in [0.05, 0.1) is 18.8 Å². The van der Waals surface area contributed by atoms with Crippen LogP contribution in [0.1, 0.15) is 38.5 Å². The zero-order valence-corrected chi connectivity index (χ0v) is 10.7. The van der Waals surface area contributed by atoms with E-state index < -0.39 is 11.4 Å². The minimum absolute atomic E-state index is 0.167. The molecule has 0 aromatic rings. The van der Waals surface area contributed by atoms with Crippen LogP contribution in [0.3, 0.4) is 0 Å². The Morgan fingerprint density at radius 3 is 2.50 bits per heavy atom. The molecule has 98 valence electrons. The Morgan fingerprint density at radius 2 is 1.89 bits per heavy atom. The first-order valence-electron chi connectivity index (χ1n) is 6.78. The molecular weight excluding hydrogens is 228 g/mol. The minimum Gasteiger partial charge on any atom is -0.388 e. The van der Waals surface area contributed by atoms with Crippen molar-refractivity contribution in [2.75, 3.05) is 13.2 Å². The first-order chi connectivity index (χ1) is 8.64. The van der Waals surface area contributed by atoms with Crippen molar-refractivity contribution in [2.45, 2.75) is 49.9 Å². The van der Waals surface area contributed by atoms with Gasteiger partial charge in [-0.1, -0.05) is 6.08 Å². The van der Waals surface area contributed by atoms with Crippen molar-refractivity contribution in [3.63, 3.8) is 0 Å². The van der Waals surface area contributed by atoms with E-state index >= 15 is 0 Å². The van der Waals surface area contributed by atoms with Gasteiger partial charge in [0.15, 0.2) is 5.79 Å². The van der Waals surface area contributed by atoms with Gasteiger partial charge in [-0.25, -0.2) is 0 Å². The standard InChI is InChI=1S/C15H20O3/c1-2-4-14(16)6-3-5-13(14)7-9-15(10-8-13)17-11-12-18-15/h1,7,9,16H,3-6,8,10-12H2. The van der Waals surface area contributed by atoms with E-state index in [1.807, 2.05) is 6.08 Å². The van der Waals surface area contributed by atoms with Crippen LogP contribution in [0.2, 0.25) is 0 Å². The Kier molecular flexibility index (Phi) is 2.78. The predicted molar refractivity (Wildman–Crippen MR) is 67.7 cm³/mol. The molecule has 3 nitrogen and oxygen atoms in total. The Morgan fingerprint density at radius 1 is 1.11 bits per heavy atom. The molecule has 2 aliphatic carbocycles. The molecule has 2 unspecified atom stereocenters. The third-order valence-electron chi connectivity index (χ3n) is 4.89. The van der Waals surface area contributed by atoms with E-state index in [0.717, 1.165) is 32.1 Å². The summed E-state index contributed by atoms with van der Waals surface area (Å²) in [4.78, 5) is 0. The van der Waals surface area contributed by atoms with Gasteiger partial charge in [-0.3, -0.25) is 0 Å². The molecule has 1 heterocycles. The van der Waals surface area contributed by atoms with E-state index in [4.69, 9.17) is 15.9 Å². The van der Waals surface area contributed by atoms with Crippen molar-refractivity contribution in [3.8, 4) is 12.3 Å². The second-order valence-electron chi connectivity index (χ2n) is 5.76. The zero-order chi connectivity index (χ0) is 12.7. The average molecular weight is 248 g/mol. The van der Waals surface area contributed by atoms with Crippen molar-refractivity contribution in [2.24, 2.45) is 5.41 Å². The van der Waals surface area contributed by atoms with E-state index in [-0.39, 0.29) is 5.41 Å². The number of ether oxygens (including phenoxy) is 2. The number of aliphatic hydroxyl groups is 1. The molecule has 1 aliphatic heterocycles. The molecule has 2 atom stereocenters. The lowest BCUT2D eigenvalue weighted by molar-refractivity contribution is -0.143. The second kappa shape index (κ2) is 4.09. The molecule has 2 fully saturated rings. The third-order valence-corrected chi connectivity index (χ3v) is 4.89. The molecule has 3 aliphatic rings. The molecule has 0 aromatic heterocycles. The van der Waals surface area contributed by atoms with Gasteiger partial charge in [-0.2, -0.15) is 0 Å². The fourth-order valence-corrected chi connectivity index (χ4v) is 3.77. The zero-order valence-electron chi connectivity index (χ0n) is 10.7. The summed E-state index contributed by atoms with van der Waals surface area (Å²) in [6, 6.07) is 0. The van der Waals surface area contributed by atoms with Gasteiger partial charge >= 0.3 is 0 Å². The first kappa shape index (κ1) is 12.2. The normalized spacial score (nSPS) is 41.6. The molecule has 1 saturated carbocycles. The monoisotopic (exact) mass is 248 g/mol. The Bertz CT molecular complexity index is 402. The lowest BCUT2D eigenvalue weighted by atomic mass is 9.66. The lowest BCUT2D eigenvalue weighted by Gasteiger charge is -2.44. The van der Waals surface area contributed by atoms with Crippen LogP contribution in [-0.4, -0.2) is 29.7 Å². The van der Waals surface area contributed by atoms with Crippen LogP contribution in [-0.2, 0) is 9.47 Å². The molecule has 2 spiro atoms. The Labute approximate surface area is 108 Å². The largest absolute Gasteiger partial charge is 0.388 e. The summed E-state index contributed by atoms with van der Waals surface area (Å²) in [6.45, 7) is 1.32. The van der Waals surface area contributed by atoms with E-state index in [1.54, 1.807) is 0 Å². The summed E-state index contributed by atoms with van der Waals surface area (Å²) >= 11 is 0. The van der Waals surface area contributed by atoms with Crippen molar-refractivity contribution < 1.29 is 14.6 Å². The molecule has 1 N–H and O–H groups in total. The van der Waals surface area contributed by atoms with Gasteiger partial charge < -0.3 is 14.6 Å². The van der Waals surface area contributed by atoms with Crippen molar-refractivity contribution in [1.29, 1.82) is 0 Å². The van der Waals surface area contributed by atoms with Gasteiger partial charge in [-0.05, 0) is 31.8 Å². The number of rotatable bonds is 1. The molecule has 0 bridgehead atoms. The van der Waals surface area contributed by atoms with Crippen LogP contribution >= 0.6 is 0 Å². The molecule has 18 heavy (non-hydrogen) atoms. The maximum Gasteiger partial charge on any atom is 0.188 e.